The second-order valence-electron chi connectivity index (χ2n) is 8.35. The zero-order chi connectivity index (χ0) is 27.8. The normalized spacial score (nSPS) is 13.3. The number of hydrogen-bond donors (Lipinski definition) is 3. The van der Waals surface area contributed by atoms with Crippen LogP contribution in [0.25, 0.3) is 11.8 Å². The summed E-state index contributed by atoms with van der Waals surface area (Å²) < 4.78 is 7.58. The molecule has 1 aliphatic rings. The Morgan fingerprint density at radius 1 is 1.21 bits per heavy atom. The van der Waals surface area contributed by atoms with E-state index in [0.717, 1.165) is 22.8 Å². The van der Waals surface area contributed by atoms with Gasteiger partial charge in [0.05, 0.1) is 25.3 Å². The lowest BCUT2D eigenvalue weighted by Crippen LogP contribution is -2.38. The predicted octanol–water partition coefficient (Wildman–Crippen LogP) is 1.04. The molecule has 0 bridgehead atoms. The fourth-order valence-corrected chi connectivity index (χ4v) is 5.09. The molecule has 11 heteroatoms. The van der Waals surface area contributed by atoms with Crippen LogP contribution in [0.3, 0.4) is 0 Å². The molecule has 2 amide bonds. The lowest BCUT2D eigenvalue weighted by Gasteiger charge is -2.30. The van der Waals surface area contributed by atoms with Crippen molar-refractivity contribution in [1.29, 1.82) is 5.26 Å². The Kier molecular flexibility index (Phi) is 8.67. The lowest BCUT2D eigenvalue weighted by molar-refractivity contribution is -0.116. The highest BCUT2D eigenvalue weighted by atomic mass is 32.1. The van der Waals surface area contributed by atoms with Gasteiger partial charge in [0, 0.05) is 24.1 Å². The number of benzene rings is 2. The van der Waals surface area contributed by atoms with E-state index in [4.69, 9.17) is 11.2 Å². The SMILES string of the molecule is C#CCNC(=O)C(C#N)=c1sc(=CNc2cccc(NC(=O)CN3CCOc4ccccc43)c2)c(=O)n1CC. The van der Waals surface area contributed by atoms with Gasteiger partial charge >= 0.3 is 0 Å². The van der Waals surface area contributed by atoms with Crippen LogP contribution in [0.5, 0.6) is 5.75 Å². The number of thiazole rings is 1. The number of nitriles is 1. The zero-order valence-electron chi connectivity index (χ0n) is 21.2. The fraction of sp³-hybridized carbons (Fsp3) is 0.214. The Hall–Kier alpha value is -5.00. The Morgan fingerprint density at radius 3 is 2.77 bits per heavy atom. The highest BCUT2D eigenvalue weighted by molar-refractivity contribution is 7.07. The molecule has 0 atom stereocenters. The van der Waals surface area contributed by atoms with Gasteiger partial charge in [-0.15, -0.1) is 17.8 Å². The molecular formula is C28H26N6O4S. The first-order valence-corrected chi connectivity index (χ1v) is 13.0. The molecule has 0 radical (unpaired) electrons. The number of anilines is 3. The summed E-state index contributed by atoms with van der Waals surface area (Å²) in [6, 6.07) is 16.6. The smallest absolute Gasteiger partial charge is 0.270 e. The van der Waals surface area contributed by atoms with Crippen LogP contribution in [0.15, 0.2) is 53.3 Å². The maximum Gasteiger partial charge on any atom is 0.270 e. The van der Waals surface area contributed by atoms with Crippen LogP contribution >= 0.6 is 11.3 Å². The van der Waals surface area contributed by atoms with E-state index >= 15 is 0 Å². The number of hydrogen-bond acceptors (Lipinski definition) is 8. The number of ether oxygens (including phenoxy) is 1. The molecule has 0 spiro atoms. The van der Waals surface area contributed by atoms with Crippen molar-refractivity contribution in [2.45, 2.75) is 13.5 Å². The van der Waals surface area contributed by atoms with Crippen LogP contribution < -0.4 is 40.3 Å². The van der Waals surface area contributed by atoms with Gasteiger partial charge in [-0.2, -0.15) is 5.26 Å². The summed E-state index contributed by atoms with van der Waals surface area (Å²) in [6.07, 6.45) is 6.70. The van der Waals surface area contributed by atoms with Crippen molar-refractivity contribution < 1.29 is 14.3 Å². The topological polar surface area (TPSA) is 128 Å². The molecule has 2 heterocycles. The maximum absolute atomic E-state index is 12.9. The van der Waals surface area contributed by atoms with Crippen LogP contribution in [0.4, 0.5) is 17.1 Å². The Morgan fingerprint density at radius 2 is 2.00 bits per heavy atom. The number of rotatable bonds is 8. The summed E-state index contributed by atoms with van der Waals surface area (Å²) in [4.78, 5) is 40.0. The number of fused-ring (bicyclic) bond motifs is 1. The second kappa shape index (κ2) is 12.5. The summed E-state index contributed by atoms with van der Waals surface area (Å²) in [5, 5.41) is 18.0. The molecular weight excluding hydrogens is 516 g/mol. The van der Waals surface area contributed by atoms with E-state index in [2.05, 4.69) is 21.9 Å². The van der Waals surface area contributed by atoms with Gasteiger partial charge in [0.15, 0.2) is 5.57 Å². The van der Waals surface area contributed by atoms with E-state index in [9.17, 15) is 19.6 Å². The highest BCUT2D eigenvalue weighted by Crippen LogP contribution is 2.30. The first-order chi connectivity index (χ1) is 18.9. The van der Waals surface area contributed by atoms with Gasteiger partial charge in [0.2, 0.25) is 5.91 Å². The molecule has 0 saturated carbocycles. The molecule has 198 valence electrons. The van der Waals surface area contributed by atoms with E-state index in [1.807, 2.05) is 35.2 Å². The van der Waals surface area contributed by atoms with Crippen molar-refractivity contribution in [3.63, 3.8) is 0 Å². The van der Waals surface area contributed by atoms with Gasteiger partial charge in [0.1, 0.15) is 27.6 Å². The van der Waals surface area contributed by atoms with Crippen LogP contribution in [-0.2, 0) is 16.1 Å². The van der Waals surface area contributed by atoms with Gasteiger partial charge in [-0.3, -0.25) is 19.0 Å². The maximum atomic E-state index is 12.9. The highest BCUT2D eigenvalue weighted by Gasteiger charge is 2.20. The number of carbonyl (C=O) groups is 2. The van der Waals surface area contributed by atoms with Crippen molar-refractivity contribution in [2.75, 3.05) is 41.8 Å². The number of nitrogens with one attached hydrogen (secondary N) is 3. The van der Waals surface area contributed by atoms with Gasteiger partial charge in [-0.1, -0.05) is 24.1 Å². The summed E-state index contributed by atoms with van der Waals surface area (Å²) >= 11 is 1.03. The quantitative estimate of drug-likeness (QED) is 0.363. The second-order valence-corrected chi connectivity index (χ2v) is 9.38. The number of terminal acetylenes is 1. The molecule has 0 aliphatic carbocycles. The predicted molar refractivity (Wildman–Crippen MR) is 152 cm³/mol. The van der Waals surface area contributed by atoms with E-state index in [1.165, 1.54) is 10.8 Å². The third-order valence-corrected chi connectivity index (χ3v) is 6.93. The molecule has 3 aromatic rings. The lowest BCUT2D eigenvalue weighted by atomic mass is 10.2. The molecule has 4 rings (SSSR count). The van der Waals surface area contributed by atoms with E-state index in [1.54, 1.807) is 31.2 Å². The monoisotopic (exact) mass is 542 g/mol. The first kappa shape index (κ1) is 27.0. The molecule has 1 aliphatic heterocycles. The minimum atomic E-state index is -0.637. The standard InChI is InChI=1S/C28H26N6O4S/c1-3-12-30-26(36)21(16-29)28-34(4-2)27(37)24(39-28)17-31-19-8-7-9-20(15-19)32-25(35)18-33-13-14-38-23-11-6-5-10-22(23)33/h1,5-11,15,17,31H,4,12-14,18H2,2H3,(H,30,36)(H,32,35). The third-order valence-electron chi connectivity index (χ3n) is 5.80. The van der Waals surface area contributed by atoms with Crippen molar-refractivity contribution in [1.82, 2.24) is 9.88 Å². The van der Waals surface area contributed by atoms with Crippen molar-refractivity contribution >= 4 is 52.0 Å². The summed E-state index contributed by atoms with van der Waals surface area (Å²) in [7, 11) is 0. The van der Waals surface area contributed by atoms with Crippen molar-refractivity contribution in [2.24, 2.45) is 0 Å². The number of nitrogens with zero attached hydrogens (tertiary/aromatic N) is 3. The number of amides is 2. The Bertz CT molecular complexity index is 1660. The fourth-order valence-electron chi connectivity index (χ4n) is 4.01. The minimum absolute atomic E-state index is 0.0289. The van der Waals surface area contributed by atoms with Crippen molar-refractivity contribution in [3.8, 4) is 24.2 Å². The molecule has 10 nitrogen and oxygen atoms in total. The van der Waals surface area contributed by atoms with Gasteiger partial charge in [0.25, 0.3) is 11.5 Å². The van der Waals surface area contributed by atoms with Crippen LogP contribution in [0.1, 0.15) is 6.92 Å². The summed E-state index contributed by atoms with van der Waals surface area (Å²) in [6.45, 7) is 3.29. The van der Waals surface area contributed by atoms with E-state index in [-0.39, 0.29) is 41.3 Å². The zero-order valence-corrected chi connectivity index (χ0v) is 22.0. The molecule has 2 aromatic carbocycles. The molecule has 39 heavy (non-hydrogen) atoms. The van der Waals surface area contributed by atoms with Gasteiger partial charge < -0.3 is 25.6 Å². The molecule has 0 unspecified atom stereocenters. The first-order valence-electron chi connectivity index (χ1n) is 12.1. The average Bonchev–Trinajstić information content (AvgIpc) is 3.26. The minimum Gasteiger partial charge on any atom is -0.490 e. The summed E-state index contributed by atoms with van der Waals surface area (Å²) in [5.41, 5.74) is 1.59. The number of carbonyl (C=O) groups excluding carboxylic acids is 2. The van der Waals surface area contributed by atoms with Gasteiger partial charge in [-0.05, 0) is 37.3 Å². The molecule has 3 N–H and O–H groups in total. The van der Waals surface area contributed by atoms with Crippen LogP contribution in [0, 0.1) is 23.7 Å². The van der Waals surface area contributed by atoms with E-state index < -0.39 is 5.91 Å². The third kappa shape index (κ3) is 6.29. The molecule has 1 aromatic heterocycles. The van der Waals surface area contributed by atoms with Crippen molar-refractivity contribution in [3.05, 3.63) is 68.1 Å². The number of aromatic nitrogens is 1. The Balaban J connectivity index is 1.51. The number of para-hydroxylation sites is 2. The Labute approximate surface area is 228 Å². The average molecular weight is 543 g/mol. The largest absolute Gasteiger partial charge is 0.490 e. The molecule has 0 saturated heterocycles. The van der Waals surface area contributed by atoms with Crippen LogP contribution in [0.2, 0.25) is 0 Å². The van der Waals surface area contributed by atoms with E-state index in [0.29, 0.717) is 29.1 Å². The van der Waals surface area contributed by atoms with Crippen LogP contribution in [-0.4, -0.2) is 42.6 Å². The summed E-state index contributed by atoms with van der Waals surface area (Å²) in [5.74, 6) is 2.22. The molecule has 0 fully saturated rings. The van der Waals surface area contributed by atoms with Gasteiger partial charge in [-0.25, -0.2) is 0 Å².